The third-order valence-corrected chi connectivity index (χ3v) is 4.79. The van der Waals surface area contributed by atoms with Gasteiger partial charge in [0.05, 0.1) is 22.7 Å². The van der Waals surface area contributed by atoms with Gasteiger partial charge in [0.25, 0.3) is 11.7 Å². The number of benzene rings is 1. The molecule has 21 heavy (non-hydrogen) atoms. The minimum atomic E-state index is -0.648. The number of carbonyl (C=O) groups is 3. The number of hydrogen-bond donors (Lipinski definition) is 0. The second-order valence-electron chi connectivity index (χ2n) is 4.72. The highest BCUT2D eigenvalue weighted by Crippen LogP contribution is 2.32. The van der Waals surface area contributed by atoms with Crippen molar-refractivity contribution >= 4 is 50.4 Å². The number of nitrogens with zero attached hydrogens (tertiary/aromatic N) is 1. The Morgan fingerprint density at radius 3 is 2.67 bits per heavy atom. The average molecular weight is 364 g/mol. The van der Waals surface area contributed by atoms with Gasteiger partial charge in [-0.1, -0.05) is 15.9 Å². The number of ketones is 2. The number of amides is 1. The SMILES string of the molecule is Cc1ccc(C(=O)CN2C(=O)C(=O)c3ccc(Br)cc32)s1. The van der Waals surface area contributed by atoms with Crippen LogP contribution in [0.25, 0.3) is 0 Å². The van der Waals surface area contributed by atoms with E-state index < -0.39 is 11.7 Å². The Labute approximate surface area is 133 Å². The molecule has 0 spiro atoms. The molecule has 3 rings (SSSR count). The van der Waals surface area contributed by atoms with Crippen LogP contribution in [0.1, 0.15) is 24.9 Å². The molecule has 4 nitrogen and oxygen atoms in total. The van der Waals surface area contributed by atoms with Gasteiger partial charge in [0, 0.05) is 9.35 Å². The molecule has 0 aliphatic carbocycles. The predicted octanol–water partition coefficient (Wildman–Crippen LogP) is 3.23. The minimum absolute atomic E-state index is 0.117. The van der Waals surface area contributed by atoms with Gasteiger partial charge in [-0.2, -0.15) is 0 Å². The molecule has 1 aliphatic rings. The summed E-state index contributed by atoms with van der Waals surface area (Å²) in [5.74, 6) is -1.38. The first-order valence-electron chi connectivity index (χ1n) is 6.23. The first-order valence-corrected chi connectivity index (χ1v) is 7.83. The van der Waals surface area contributed by atoms with E-state index in [0.29, 0.717) is 16.1 Å². The van der Waals surface area contributed by atoms with Crippen molar-refractivity contribution in [2.75, 3.05) is 11.4 Å². The van der Waals surface area contributed by atoms with Crippen LogP contribution in [0, 0.1) is 6.92 Å². The molecular weight excluding hydrogens is 354 g/mol. The van der Waals surface area contributed by atoms with Gasteiger partial charge in [0.15, 0.2) is 5.78 Å². The van der Waals surface area contributed by atoms with Crippen LogP contribution >= 0.6 is 27.3 Å². The predicted molar refractivity (Wildman–Crippen MR) is 84.2 cm³/mol. The third-order valence-electron chi connectivity index (χ3n) is 3.25. The summed E-state index contributed by atoms with van der Waals surface area (Å²) in [6.07, 6.45) is 0. The molecule has 1 aromatic heterocycles. The molecule has 0 unspecified atom stereocenters. The van der Waals surface area contributed by atoms with Crippen molar-refractivity contribution < 1.29 is 14.4 Å². The molecule has 0 atom stereocenters. The third kappa shape index (κ3) is 2.45. The summed E-state index contributed by atoms with van der Waals surface area (Å²) in [5.41, 5.74) is 0.833. The smallest absolute Gasteiger partial charge is 0.297 e. The van der Waals surface area contributed by atoms with Gasteiger partial charge in [-0.3, -0.25) is 19.3 Å². The molecule has 0 saturated heterocycles. The van der Waals surface area contributed by atoms with Crippen LogP contribution in [0.15, 0.2) is 34.8 Å². The fraction of sp³-hybridized carbons (Fsp3) is 0.133. The summed E-state index contributed by atoms with van der Waals surface area (Å²) in [4.78, 5) is 39.1. The minimum Gasteiger partial charge on any atom is -0.297 e. The Morgan fingerprint density at radius 1 is 1.24 bits per heavy atom. The summed E-state index contributed by atoms with van der Waals surface area (Å²) < 4.78 is 0.758. The number of Topliss-reactive ketones (excluding diaryl/α,β-unsaturated/α-hetero) is 2. The molecule has 0 saturated carbocycles. The lowest BCUT2D eigenvalue weighted by Crippen LogP contribution is -2.34. The van der Waals surface area contributed by atoms with E-state index in [1.807, 2.05) is 13.0 Å². The molecule has 0 N–H and O–H groups in total. The lowest BCUT2D eigenvalue weighted by molar-refractivity contribution is -0.114. The summed E-state index contributed by atoms with van der Waals surface area (Å²) >= 11 is 4.70. The van der Waals surface area contributed by atoms with Crippen molar-refractivity contribution in [2.45, 2.75) is 6.92 Å². The Bertz CT molecular complexity index is 781. The lowest BCUT2D eigenvalue weighted by Gasteiger charge is -2.15. The van der Waals surface area contributed by atoms with Crippen LogP contribution in [0.5, 0.6) is 0 Å². The standard InChI is InChI=1S/C15H10BrNO3S/c1-8-2-5-13(21-8)12(18)7-17-11-6-9(16)3-4-10(11)14(19)15(17)20/h2-6H,7H2,1H3. The molecule has 0 radical (unpaired) electrons. The van der Waals surface area contributed by atoms with Gasteiger partial charge < -0.3 is 0 Å². The van der Waals surface area contributed by atoms with Crippen LogP contribution in [0.2, 0.25) is 0 Å². The summed E-state index contributed by atoms with van der Waals surface area (Å²) in [5, 5.41) is 0. The van der Waals surface area contributed by atoms with E-state index in [1.54, 1.807) is 24.3 Å². The van der Waals surface area contributed by atoms with E-state index in [-0.39, 0.29) is 12.3 Å². The fourth-order valence-electron chi connectivity index (χ4n) is 2.23. The van der Waals surface area contributed by atoms with Gasteiger partial charge in [0.2, 0.25) is 0 Å². The van der Waals surface area contributed by atoms with E-state index in [4.69, 9.17) is 0 Å². The second kappa shape index (κ2) is 5.20. The molecule has 1 amide bonds. The zero-order chi connectivity index (χ0) is 15.1. The molecule has 106 valence electrons. The van der Waals surface area contributed by atoms with Crippen LogP contribution in [0.4, 0.5) is 5.69 Å². The average Bonchev–Trinajstić information content (AvgIpc) is 2.97. The molecule has 6 heteroatoms. The molecule has 2 aromatic rings. The lowest BCUT2D eigenvalue weighted by atomic mass is 10.1. The molecule has 1 aliphatic heterocycles. The van der Waals surface area contributed by atoms with Crippen LogP contribution in [0.3, 0.4) is 0 Å². The zero-order valence-corrected chi connectivity index (χ0v) is 13.5. The molecule has 2 heterocycles. The monoisotopic (exact) mass is 363 g/mol. The van der Waals surface area contributed by atoms with E-state index in [0.717, 1.165) is 9.35 Å². The van der Waals surface area contributed by atoms with Gasteiger partial charge in [-0.25, -0.2) is 0 Å². The molecule has 0 bridgehead atoms. The Kier molecular flexibility index (Phi) is 3.51. The van der Waals surface area contributed by atoms with Gasteiger partial charge >= 0.3 is 0 Å². The number of halogens is 1. The van der Waals surface area contributed by atoms with Crippen molar-refractivity contribution in [1.82, 2.24) is 0 Å². The topological polar surface area (TPSA) is 54.5 Å². The summed E-state index contributed by atoms with van der Waals surface area (Å²) in [6.45, 7) is 1.80. The number of fused-ring (bicyclic) bond motifs is 1. The van der Waals surface area contributed by atoms with Gasteiger partial charge in [-0.05, 0) is 37.3 Å². The summed E-state index contributed by atoms with van der Waals surface area (Å²) in [6, 6.07) is 8.59. The second-order valence-corrected chi connectivity index (χ2v) is 6.92. The van der Waals surface area contributed by atoms with Crippen molar-refractivity contribution in [3.05, 3.63) is 50.1 Å². The Hall–Kier alpha value is -1.79. The normalized spacial score (nSPS) is 13.7. The van der Waals surface area contributed by atoms with Crippen LogP contribution < -0.4 is 4.90 Å². The Morgan fingerprint density at radius 2 is 2.00 bits per heavy atom. The first-order chi connectivity index (χ1) is 9.97. The van der Waals surface area contributed by atoms with Crippen LogP contribution in [-0.4, -0.2) is 24.0 Å². The molecule has 0 fully saturated rings. The highest BCUT2D eigenvalue weighted by molar-refractivity contribution is 9.10. The number of aryl methyl sites for hydroxylation is 1. The van der Waals surface area contributed by atoms with E-state index in [1.165, 1.54) is 16.2 Å². The Balaban J connectivity index is 1.93. The number of rotatable bonds is 3. The van der Waals surface area contributed by atoms with Gasteiger partial charge in [-0.15, -0.1) is 11.3 Å². The van der Waals surface area contributed by atoms with Gasteiger partial charge in [0.1, 0.15) is 0 Å². The first kappa shape index (κ1) is 14.2. The van der Waals surface area contributed by atoms with E-state index in [2.05, 4.69) is 15.9 Å². The quantitative estimate of drug-likeness (QED) is 0.621. The van der Waals surface area contributed by atoms with Crippen molar-refractivity contribution in [3.8, 4) is 0 Å². The maximum absolute atomic E-state index is 12.3. The summed E-state index contributed by atoms with van der Waals surface area (Å²) in [7, 11) is 0. The largest absolute Gasteiger partial charge is 0.299 e. The van der Waals surface area contributed by atoms with Crippen molar-refractivity contribution in [2.24, 2.45) is 0 Å². The van der Waals surface area contributed by atoms with Crippen molar-refractivity contribution in [1.29, 1.82) is 0 Å². The number of hydrogen-bond acceptors (Lipinski definition) is 4. The highest BCUT2D eigenvalue weighted by Gasteiger charge is 2.37. The highest BCUT2D eigenvalue weighted by atomic mass is 79.9. The van der Waals surface area contributed by atoms with E-state index in [9.17, 15) is 14.4 Å². The zero-order valence-electron chi connectivity index (χ0n) is 11.1. The maximum Gasteiger partial charge on any atom is 0.299 e. The molecular formula is C15H10BrNO3S. The number of thiophene rings is 1. The number of anilines is 1. The maximum atomic E-state index is 12.3. The van der Waals surface area contributed by atoms with Crippen LogP contribution in [-0.2, 0) is 4.79 Å². The molecule has 1 aromatic carbocycles. The number of carbonyl (C=O) groups excluding carboxylic acids is 3. The van der Waals surface area contributed by atoms with E-state index >= 15 is 0 Å². The van der Waals surface area contributed by atoms with Crippen molar-refractivity contribution in [3.63, 3.8) is 0 Å². The fourth-order valence-corrected chi connectivity index (χ4v) is 3.38.